The number of anilines is 1. The lowest BCUT2D eigenvalue weighted by Crippen LogP contribution is -1.90. The molecule has 0 unspecified atom stereocenters. The second-order valence-corrected chi connectivity index (χ2v) is 3.85. The molecule has 0 atom stereocenters. The van der Waals surface area contributed by atoms with Gasteiger partial charge in [-0.25, -0.2) is 0 Å². The highest BCUT2D eigenvalue weighted by atomic mass is 79.9. The second-order valence-electron chi connectivity index (χ2n) is 2.68. The predicted molar refractivity (Wildman–Crippen MR) is 52.8 cm³/mol. The van der Waals surface area contributed by atoms with E-state index in [4.69, 9.17) is 22.1 Å². The van der Waals surface area contributed by atoms with Gasteiger partial charge in [0.1, 0.15) is 5.75 Å². The number of nitrogen functional groups attached to an aromatic ring is 1. The molecule has 2 rings (SSSR count). The molecule has 1 heterocycles. The summed E-state index contributed by atoms with van der Waals surface area (Å²) >= 11 is 9.25. The van der Waals surface area contributed by atoms with Crippen LogP contribution in [0.15, 0.2) is 10.5 Å². The Hall–Kier alpha value is -0.410. The second kappa shape index (κ2) is 2.82. The maximum Gasteiger partial charge on any atom is 0.138 e. The summed E-state index contributed by atoms with van der Waals surface area (Å²) in [4.78, 5) is 0. The smallest absolute Gasteiger partial charge is 0.138 e. The number of fused-ring (bicyclic) bond motifs is 1. The van der Waals surface area contributed by atoms with Gasteiger partial charge < -0.3 is 10.5 Å². The molecule has 64 valence electrons. The molecule has 0 saturated carbocycles. The molecule has 2 nitrogen and oxygen atoms in total. The standard InChI is InChI=1S/C8H7BrClNO/c9-6-7(10)5(11)3-4-1-2-12-8(4)6/h3H,1-2,11H2. The van der Waals surface area contributed by atoms with E-state index >= 15 is 0 Å². The molecule has 1 aromatic rings. The largest absolute Gasteiger partial charge is 0.492 e. The minimum absolute atomic E-state index is 0.538. The Balaban J connectivity index is 2.67. The van der Waals surface area contributed by atoms with E-state index in [0.29, 0.717) is 17.3 Å². The summed E-state index contributed by atoms with van der Waals surface area (Å²) in [6, 6.07) is 1.87. The lowest BCUT2D eigenvalue weighted by Gasteiger charge is -2.06. The molecule has 1 aliphatic heterocycles. The molecule has 0 fully saturated rings. The van der Waals surface area contributed by atoms with Gasteiger partial charge in [-0.05, 0) is 22.0 Å². The maximum absolute atomic E-state index is 5.91. The van der Waals surface area contributed by atoms with E-state index in [0.717, 1.165) is 22.2 Å². The van der Waals surface area contributed by atoms with Crippen LogP contribution in [-0.4, -0.2) is 6.61 Å². The predicted octanol–water partition coefficient (Wildman–Crippen LogP) is 2.62. The molecule has 0 aliphatic carbocycles. The zero-order valence-corrected chi connectivity index (χ0v) is 8.58. The zero-order valence-electron chi connectivity index (χ0n) is 6.23. The van der Waals surface area contributed by atoms with Crippen molar-refractivity contribution in [3.05, 3.63) is 21.1 Å². The van der Waals surface area contributed by atoms with Crippen LogP contribution in [0.2, 0.25) is 5.02 Å². The summed E-state index contributed by atoms with van der Waals surface area (Å²) in [5.41, 5.74) is 7.41. The number of nitrogens with two attached hydrogens (primary N) is 1. The normalized spacial score (nSPS) is 14.2. The lowest BCUT2D eigenvalue weighted by molar-refractivity contribution is 0.355. The van der Waals surface area contributed by atoms with Gasteiger partial charge in [0, 0.05) is 12.0 Å². The fourth-order valence-electron chi connectivity index (χ4n) is 1.29. The summed E-state index contributed by atoms with van der Waals surface area (Å²) in [5, 5.41) is 0.538. The average Bonchev–Trinajstić information content (AvgIpc) is 2.48. The van der Waals surface area contributed by atoms with Crippen molar-refractivity contribution in [1.82, 2.24) is 0 Å². The van der Waals surface area contributed by atoms with E-state index in [1.54, 1.807) is 0 Å². The van der Waals surface area contributed by atoms with Gasteiger partial charge in [-0.2, -0.15) is 0 Å². The summed E-state index contributed by atoms with van der Waals surface area (Å²) in [5.74, 6) is 0.842. The number of halogens is 2. The van der Waals surface area contributed by atoms with Gasteiger partial charge in [0.2, 0.25) is 0 Å². The van der Waals surface area contributed by atoms with Crippen molar-refractivity contribution in [3.8, 4) is 5.75 Å². The third-order valence-electron chi connectivity index (χ3n) is 1.88. The molecule has 0 aromatic heterocycles. The Bertz CT molecular complexity index is 340. The molecule has 2 N–H and O–H groups in total. The van der Waals surface area contributed by atoms with Crippen LogP contribution in [0.4, 0.5) is 5.69 Å². The summed E-state index contributed by atoms with van der Waals surface area (Å²) in [6.07, 6.45) is 0.912. The van der Waals surface area contributed by atoms with Crippen molar-refractivity contribution in [2.24, 2.45) is 0 Å². The quantitative estimate of drug-likeness (QED) is 0.716. The van der Waals surface area contributed by atoms with Gasteiger partial charge in [-0.3, -0.25) is 0 Å². The SMILES string of the molecule is Nc1cc2c(c(Br)c1Cl)OCC2. The van der Waals surface area contributed by atoms with Crippen molar-refractivity contribution >= 4 is 33.2 Å². The topological polar surface area (TPSA) is 35.2 Å². The van der Waals surface area contributed by atoms with E-state index in [-0.39, 0.29) is 0 Å². The third kappa shape index (κ3) is 1.08. The first kappa shape index (κ1) is 8.20. The highest BCUT2D eigenvalue weighted by Crippen LogP contribution is 2.41. The molecule has 1 aliphatic rings. The molecule has 0 radical (unpaired) electrons. The first-order valence-corrected chi connectivity index (χ1v) is 4.76. The van der Waals surface area contributed by atoms with Crippen LogP contribution >= 0.6 is 27.5 Å². The van der Waals surface area contributed by atoms with Crippen LogP contribution < -0.4 is 10.5 Å². The minimum atomic E-state index is 0.538. The van der Waals surface area contributed by atoms with E-state index in [1.807, 2.05) is 6.07 Å². The Morgan fingerprint density at radius 3 is 3.08 bits per heavy atom. The van der Waals surface area contributed by atoms with Crippen molar-refractivity contribution < 1.29 is 4.74 Å². The van der Waals surface area contributed by atoms with Crippen LogP contribution in [0.1, 0.15) is 5.56 Å². The molecule has 4 heteroatoms. The molecular formula is C8H7BrClNO. The third-order valence-corrected chi connectivity index (χ3v) is 3.28. The molecule has 0 amide bonds. The molecule has 0 bridgehead atoms. The average molecular weight is 249 g/mol. The lowest BCUT2D eigenvalue weighted by atomic mass is 10.1. The van der Waals surface area contributed by atoms with Crippen LogP contribution in [0.25, 0.3) is 0 Å². The monoisotopic (exact) mass is 247 g/mol. The fourth-order valence-corrected chi connectivity index (χ4v) is 2.03. The first-order valence-electron chi connectivity index (χ1n) is 3.59. The van der Waals surface area contributed by atoms with E-state index in [1.165, 1.54) is 0 Å². The fraction of sp³-hybridized carbons (Fsp3) is 0.250. The highest BCUT2D eigenvalue weighted by Gasteiger charge is 2.19. The van der Waals surface area contributed by atoms with E-state index in [9.17, 15) is 0 Å². The minimum Gasteiger partial charge on any atom is -0.492 e. The Labute approximate surface area is 83.8 Å². The van der Waals surface area contributed by atoms with Gasteiger partial charge >= 0.3 is 0 Å². The Morgan fingerprint density at radius 2 is 2.33 bits per heavy atom. The van der Waals surface area contributed by atoms with Gasteiger partial charge in [0.15, 0.2) is 0 Å². The van der Waals surface area contributed by atoms with Gasteiger partial charge in [-0.1, -0.05) is 11.6 Å². The van der Waals surface area contributed by atoms with Crippen LogP contribution in [0.3, 0.4) is 0 Å². The molecule has 12 heavy (non-hydrogen) atoms. The number of rotatable bonds is 0. The van der Waals surface area contributed by atoms with Crippen LogP contribution in [0, 0.1) is 0 Å². The van der Waals surface area contributed by atoms with Crippen molar-refractivity contribution in [2.45, 2.75) is 6.42 Å². The molecule has 0 spiro atoms. The molecule has 1 aromatic carbocycles. The summed E-state index contributed by atoms with van der Waals surface area (Å²) < 4.78 is 6.15. The maximum atomic E-state index is 5.91. The van der Waals surface area contributed by atoms with Crippen LogP contribution in [-0.2, 0) is 6.42 Å². The number of ether oxygens (including phenoxy) is 1. The van der Waals surface area contributed by atoms with E-state index < -0.39 is 0 Å². The first-order chi connectivity index (χ1) is 5.70. The molecular weight excluding hydrogens is 241 g/mol. The zero-order chi connectivity index (χ0) is 8.72. The van der Waals surface area contributed by atoms with Crippen molar-refractivity contribution in [3.63, 3.8) is 0 Å². The van der Waals surface area contributed by atoms with Crippen LogP contribution in [0.5, 0.6) is 5.75 Å². The molecule has 0 saturated heterocycles. The summed E-state index contributed by atoms with van der Waals surface area (Å²) in [7, 11) is 0. The van der Waals surface area contributed by atoms with Gasteiger partial charge in [0.25, 0.3) is 0 Å². The van der Waals surface area contributed by atoms with Crippen molar-refractivity contribution in [1.29, 1.82) is 0 Å². The number of hydrogen-bond acceptors (Lipinski definition) is 2. The van der Waals surface area contributed by atoms with Gasteiger partial charge in [0.05, 0.1) is 21.8 Å². The summed E-state index contributed by atoms with van der Waals surface area (Å²) in [6.45, 7) is 0.716. The van der Waals surface area contributed by atoms with E-state index in [2.05, 4.69) is 15.9 Å². The number of benzene rings is 1. The van der Waals surface area contributed by atoms with Crippen molar-refractivity contribution in [2.75, 3.05) is 12.3 Å². The highest BCUT2D eigenvalue weighted by molar-refractivity contribution is 9.10. The number of hydrogen-bond donors (Lipinski definition) is 1. The van der Waals surface area contributed by atoms with Gasteiger partial charge in [-0.15, -0.1) is 0 Å². The Kier molecular flexibility index (Phi) is 1.93. The Morgan fingerprint density at radius 1 is 1.58 bits per heavy atom.